The summed E-state index contributed by atoms with van der Waals surface area (Å²) in [6.45, 7) is 2.25. The number of nitrogens with two attached hydrogens (primary N) is 1. The molecule has 7 nitrogen and oxygen atoms in total. The van der Waals surface area contributed by atoms with Crippen LogP contribution in [-0.4, -0.2) is 29.1 Å². The van der Waals surface area contributed by atoms with Crippen molar-refractivity contribution >= 4 is 11.9 Å². The minimum Gasteiger partial charge on any atom is -0.479 e. The molecule has 0 saturated heterocycles. The van der Waals surface area contributed by atoms with Gasteiger partial charge in [-0.3, -0.25) is 15.1 Å². The number of hydrogen-bond donors (Lipinski definition) is 3. The highest BCUT2D eigenvalue weighted by Gasteiger charge is 2.20. The van der Waals surface area contributed by atoms with Crippen LogP contribution in [0.5, 0.6) is 5.75 Å². The molecule has 0 radical (unpaired) electrons. The van der Waals surface area contributed by atoms with E-state index in [2.05, 4.69) is 10.3 Å². The lowest BCUT2D eigenvalue weighted by Crippen LogP contribution is -2.42. The zero-order valence-electron chi connectivity index (χ0n) is 11.3. The predicted molar refractivity (Wildman–Crippen MR) is 71.9 cm³/mol. The van der Waals surface area contributed by atoms with E-state index in [0.29, 0.717) is 11.8 Å². The van der Waals surface area contributed by atoms with Crippen LogP contribution in [0.2, 0.25) is 0 Å². The van der Waals surface area contributed by atoms with Crippen LogP contribution in [-0.2, 0) is 11.3 Å². The number of imide groups is 1. The van der Waals surface area contributed by atoms with Gasteiger partial charge in [-0.05, 0) is 31.9 Å². The Kier molecular flexibility index (Phi) is 4.52. The molecule has 1 fully saturated rings. The molecule has 3 amide bonds. The first kappa shape index (κ1) is 14.3. The van der Waals surface area contributed by atoms with Crippen molar-refractivity contribution in [2.24, 2.45) is 5.73 Å². The van der Waals surface area contributed by atoms with Gasteiger partial charge in [0, 0.05) is 12.6 Å². The van der Waals surface area contributed by atoms with Gasteiger partial charge in [-0.1, -0.05) is 0 Å². The Hall–Kier alpha value is -2.15. The predicted octanol–water partition coefficient (Wildman–Crippen LogP) is 0.296. The van der Waals surface area contributed by atoms with Crippen LogP contribution in [0, 0.1) is 0 Å². The Morgan fingerprint density at radius 2 is 2.25 bits per heavy atom. The highest BCUT2D eigenvalue weighted by Crippen LogP contribution is 2.19. The summed E-state index contributed by atoms with van der Waals surface area (Å²) < 4.78 is 5.37. The second-order valence-electron chi connectivity index (χ2n) is 4.75. The maximum atomic E-state index is 11.4. The second-order valence-corrected chi connectivity index (χ2v) is 4.75. The average molecular weight is 278 g/mol. The Labute approximate surface area is 116 Å². The van der Waals surface area contributed by atoms with Crippen molar-refractivity contribution in [2.75, 3.05) is 0 Å². The molecular formula is C13H18N4O3. The Balaban J connectivity index is 1.82. The van der Waals surface area contributed by atoms with Gasteiger partial charge in [0.2, 0.25) is 0 Å². The summed E-state index contributed by atoms with van der Waals surface area (Å²) in [6.07, 6.45) is 3.19. The number of urea groups is 1. The van der Waals surface area contributed by atoms with Gasteiger partial charge in [-0.25, -0.2) is 4.79 Å². The van der Waals surface area contributed by atoms with Crippen LogP contribution in [0.15, 0.2) is 18.3 Å². The highest BCUT2D eigenvalue weighted by molar-refractivity contribution is 5.95. The summed E-state index contributed by atoms with van der Waals surface area (Å²) in [5.74, 6) is -0.121. The zero-order valence-corrected chi connectivity index (χ0v) is 11.3. The Morgan fingerprint density at radius 1 is 1.50 bits per heavy atom. The summed E-state index contributed by atoms with van der Waals surface area (Å²) >= 11 is 0. The molecule has 1 aromatic heterocycles. The largest absolute Gasteiger partial charge is 0.479 e. The molecule has 1 unspecified atom stereocenters. The molecule has 0 aliphatic heterocycles. The lowest BCUT2D eigenvalue weighted by Gasteiger charge is -2.13. The topological polar surface area (TPSA) is 106 Å². The van der Waals surface area contributed by atoms with Crippen LogP contribution >= 0.6 is 0 Å². The number of nitrogens with one attached hydrogen (secondary N) is 2. The zero-order chi connectivity index (χ0) is 14.5. The number of rotatable bonds is 6. The molecule has 1 heterocycles. The third-order valence-electron chi connectivity index (χ3n) is 2.88. The third kappa shape index (κ3) is 4.51. The van der Waals surface area contributed by atoms with Crippen LogP contribution < -0.4 is 21.1 Å². The monoisotopic (exact) mass is 278 g/mol. The second kappa shape index (κ2) is 6.33. The summed E-state index contributed by atoms with van der Waals surface area (Å²) in [5.41, 5.74) is 5.78. The number of aromatic nitrogens is 1. The average Bonchev–Trinajstić information content (AvgIpc) is 3.21. The molecule has 108 valence electrons. The molecule has 0 spiro atoms. The SMILES string of the molecule is CC(Oc1ccc(CNC2CC2)nc1)C(=O)NC(N)=O. The lowest BCUT2D eigenvalue weighted by molar-refractivity contribution is -0.126. The van der Waals surface area contributed by atoms with E-state index in [1.54, 1.807) is 12.3 Å². The van der Waals surface area contributed by atoms with E-state index in [1.807, 2.05) is 11.4 Å². The van der Waals surface area contributed by atoms with Gasteiger partial charge in [0.05, 0.1) is 11.9 Å². The van der Waals surface area contributed by atoms with Crippen molar-refractivity contribution in [2.45, 2.75) is 38.5 Å². The van der Waals surface area contributed by atoms with Gasteiger partial charge in [0.1, 0.15) is 5.75 Å². The minimum atomic E-state index is -0.898. The summed E-state index contributed by atoms with van der Waals surface area (Å²) in [5, 5.41) is 5.31. The molecular weight excluding hydrogens is 260 g/mol. The fraction of sp³-hybridized carbons (Fsp3) is 0.462. The van der Waals surface area contributed by atoms with Crippen LogP contribution in [0.3, 0.4) is 0 Å². The summed E-state index contributed by atoms with van der Waals surface area (Å²) in [7, 11) is 0. The number of pyridine rings is 1. The molecule has 0 aromatic carbocycles. The van der Waals surface area contributed by atoms with Crippen molar-refractivity contribution in [1.29, 1.82) is 0 Å². The van der Waals surface area contributed by atoms with E-state index in [4.69, 9.17) is 10.5 Å². The van der Waals surface area contributed by atoms with Crippen LogP contribution in [0.25, 0.3) is 0 Å². The molecule has 20 heavy (non-hydrogen) atoms. The fourth-order valence-corrected chi connectivity index (χ4v) is 1.60. The molecule has 1 aliphatic rings. The molecule has 1 aliphatic carbocycles. The first-order valence-electron chi connectivity index (χ1n) is 6.50. The molecule has 7 heteroatoms. The fourth-order valence-electron chi connectivity index (χ4n) is 1.60. The van der Waals surface area contributed by atoms with E-state index < -0.39 is 18.0 Å². The number of amides is 3. The molecule has 4 N–H and O–H groups in total. The number of nitrogens with zero attached hydrogens (tertiary/aromatic N) is 1. The van der Waals surface area contributed by atoms with Gasteiger partial charge in [0.25, 0.3) is 5.91 Å². The van der Waals surface area contributed by atoms with E-state index >= 15 is 0 Å². The Morgan fingerprint density at radius 3 is 2.80 bits per heavy atom. The normalized spacial score (nSPS) is 15.4. The highest BCUT2D eigenvalue weighted by atomic mass is 16.5. The molecule has 1 aromatic rings. The smallest absolute Gasteiger partial charge is 0.318 e. The number of primary amides is 1. The lowest BCUT2D eigenvalue weighted by atomic mass is 10.3. The quantitative estimate of drug-likeness (QED) is 0.693. The number of carbonyl (C=O) groups is 2. The minimum absolute atomic E-state index is 0.465. The van der Waals surface area contributed by atoms with E-state index in [1.165, 1.54) is 19.8 Å². The standard InChI is InChI=1S/C13H18N4O3/c1-8(12(18)17-13(14)19)20-11-5-4-10(16-7-11)6-15-9-2-3-9/h4-5,7-9,15H,2-3,6H2,1H3,(H3,14,17,18,19). The van der Waals surface area contributed by atoms with Crippen LogP contribution in [0.1, 0.15) is 25.5 Å². The molecule has 0 bridgehead atoms. The summed E-state index contributed by atoms with van der Waals surface area (Å²) in [4.78, 5) is 26.2. The number of carbonyl (C=O) groups excluding carboxylic acids is 2. The number of ether oxygens (including phenoxy) is 1. The van der Waals surface area contributed by atoms with Gasteiger partial charge in [-0.15, -0.1) is 0 Å². The Bertz CT molecular complexity index is 485. The van der Waals surface area contributed by atoms with Crippen molar-refractivity contribution in [3.05, 3.63) is 24.0 Å². The summed E-state index contributed by atoms with van der Waals surface area (Å²) in [6, 6.07) is 3.31. The van der Waals surface area contributed by atoms with Crippen LogP contribution in [0.4, 0.5) is 4.79 Å². The first-order chi connectivity index (χ1) is 9.54. The van der Waals surface area contributed by atoms with Gasteiger partial charge in [0.15, 0.2) is 6.10 Å². The van der Waals surface area contributed by atoms with E-state index in [0.717, 1.165) is 12.2 Å². The molecule has 1 atom stereocenters. The van der Waals surface area contributed by atoms with E-state index in [-0.39, 0.29) is 0 Å². The first-order valence-corrected chi connectivity index (χ1v) is 6.50. The van der Waals surface area contributed by atoms with Gasteiger partial charge < -0.3 is 15.8 Å². The van der Waals surface area contributed by atoms with Gasteiger partial charge >= 0.3 is 6.03 Å². The molecule has 2 rings (SSSR count). The third-order valence-corrected chi connectivity index (χ3v) is 2.88. The maximum Gasteiger partial charge on any atom is 0.318 e. The number of hydrogen-bond acceptors (Lipinski definition) is 5. The van der Waals surface area contributed by atoms with Gasteiger partial charge in [-0.2, -0.15) is 0 Å². The maximum absolute atomic E-state index is 11.4. The molecule has 1 saturated carbocycles. The van der Waals surface area contributed by atoms with Crippen molar-refractivity contribution in [3.8, 4) is 5.75 Å². The van der Waals surface area contributed by atoms with E-state index in [9.17, 15) is 9.59 Å². The van der Waals surface area contributed by atoms with Crippen molar-refractivity contribution < 1.29 is 14.3 Å². The van der Waals surface area contributed by atoms with Crippen molar-refractivity contribution in [1.82, 2.24) is 15.6 Å². The van der Waals surface area contributed by atoms with Crippen molar-refractivity contribution in [3.63, 3.8) is 0 Å².